The molecule has 0 radical (unpaired) electrons. The minimum absolute atomic E-state index is 0.117. The van der Waals surface area contributed by atoms with E-state index in [-0.39, 0.29) is 18.5 Å². The van der Waals surface area contributed by atoms with E-state index in [1.165, 1.54) is 18.9 Å². The van der Waals surface area contributed by atoms with Crippen LogP contribution in [0.5, 0.6) is 0 Å². The van der Waals surface area contributed by atoms with Crippen LogP contribution in [0.3, 0.4) is 0 Å². The molecule has 1 aliphatic rings. The van der Waals surface area contributed by atoms with E-state index in [1.54, 1.807) is 12.1 Å². The molecule has 2 N–H and O–H groups in total. The summed E-state index contributed by atoms with van der Waals surface area (Å²) in [4.78, 5) is 1.90. The van der Waals surface area contributed by atoms with Gasteiger partial charge in [0.15, 0.2) is 0 Å². The number of benzene rings is 1. The maximum absolute atomic E-state index is 13.6. The highest BCUT2D eigenvalue weighted by atomic mass is 19.1. The fraction of sp³-hybridized carbons (Fsp3) is 0.571. The molecule has 0 heterocycles. The topological polar surface area (TPSA) is 35.5 Å². The molecule has 1 atom stereocenters. The van der Waals surface area contributed by atoms with Crippen molar-refractivity contribution in [3.63, 3.8) is 0 Å². The Labute approximate surface area is 108 Å². The largest absolute Gasteiger partial charge is 0.395 e. The molecule has 18 heavy (non-hydrogen) atoms. The van der Waals surface area contributed by atoms with Crippen molar-refractivity contribution in [1.29, 1.82) is 0 Å². The number of nitrogens with one attached hydrogen (secondary N) is 1. The lowest BCUT2D eigenvalue weighted by Crippen LogP contribution is -2.37. The molecular formula is C14H21FN2O. The van der Waals surface area contributed by atoms with Crippen LogP contribution < -0.4 is 10.2 Å². The van der Waals surface area contributed by atoms with Crippen LogP contribution in [0.4, 0.5) is 10.1 Å². The molecule has 0 saturated heterocycles. The van der Waals surface area contributed by atoms with Crippen LogP contribution in [0.25, 0.3) is 0 Å². The summed E-state index contributed by atoms with van der Waals surface area (Å²) in [6, 6.07) is 7.47. The molecule has 1 aromatic rings. The van der Waals surface area contributed by atoms with Crippen molar-refractivity contribution in [3.05, 3.63) is 30.1 Å². The number of nitrogens with zero attached hydrogens (tertiary/aromatic N) is 1. The van der Waals surface area contributed by atoms with E-state index < -0.39 is 0 Å². The molecule has 1 fully saturated rings. The summed E-state index contributed by atoms with van der Waals surface area (Å²) in [6.45, 7) is 0.869. The van der Waals surface area contributed by atoms with Crippen molar-refractivity contribution in [2.75, 3.05) is 25.1 Å². The second kappa shape index (κ2) is 6.16. The Hall–Kier alpha value is -1.13. The fourth-order valence-corrected chi connectivity index (χ4v) is 2.04. The highest BCUT2D eigenvalue weighted by Gasteiger charge is 2.24. The molecule has 1 saturated carbocycles. The lowest BCUT2D eigenvalue weighted by molar-refractivity contribution is 0.235. The van der Waals surface area contributed by atoms with E-state index >= 15 is 0 Å². The van der Waals surface area contributed by atoms with Gasteiger partial charge in [0.2, 0.25) is 0 Å². The third kappa shape index (κ3) is 3.68. The maximum Gasteiger partial charge on any atom is 0.146 e. The summed E-state index contributed by atoms with van der Waals surface area (Å²) in [6.07, 6.45) is 3.23. The van der Waals surface area contributed by atoms with Gasteiger partial charge in [-0.25, -0.2) is 4.39 Å². The molecule has 1 aromatic carbocycles. The second-order valence-corrected chi connectivity index (χ2v) is 4.98. The molecule has 0 spiro atoms. The molecule has 0 aliphatic heterocycles. The van der Waals surface area contributed by atoms with Crippen LogP contribution in [0, 0.1) is 5.82 Å². The highest BCUT2D eigenvalue weighted by Crippen LogP contribution is 2.21. The molecule has 0 bridgehead atoms. The molecule has 100 valence electrons. The zero-order chi connectivity index (χ0) is 13.0. The van der Waals surface area contributed by atoms with Gasteiger partial charge in [-0.2, -0.15) is 0 Å². The predicted molar refractivity (Wildman–Crippen MR) is 71.3 cm³/mol. The Morgan fingerprint density at radius 1 is 1.44 bits per heavy atom. The van der Waals surface area contributed by atoms with Gasteiger partial charge in [-0.15, -0.1) is 0 Å². The lowest BCUT2D eigenvalue weighted by Gasteiger charge is -2.23. The number of aliphatic hydroxyl groups excluding tert-OH is 1. The van der Waals surface area contributed by atoms with E-state index in [0.717, 1.165) is 13.0 Å². The summed E-state index contributed by atoms with van der Waals surface area (Å²) >= 11 is 0. The van der Waals surface area contributed by atoms with Gasteiger partial charge < -0.3 is 15.3 Å². The summed E-state index contributed by atoms with van der Waals surface area (Å²) in [5, 5.41) is 12.7. The number of rotatable bonds is 7. The van der Waals surface area contributed by atoms with Crippen molar-refractivity contribution < 1.29 is 9.50 Å². The third-order valence-corrected chi connectivity index (χ3v) is 3.35. The number of anilines is 1. The first-order valence-corrected chi connectivity index (χ1v) is 6.53. The highest BCUT2D eigenvalue weighted by molar-refractivity contribution is 5.46. The Morgan fingerprint density at radius 3 is 2.78 bits per heavy atom. The quantitative estimate of drug-likeness (QED) is 0.776. The third-order valence-electron chi connectivity index (χ3n) is 3.35. The SMILES string of the molecule is CN(CCC(CO)NC1CC1)c1ccccc1F. The molecule has 2 rings (SSSR count). The van der Waals surface area contributed by atoms with Gasteiger partial charge in [0.1, 0.15) is 5.82 Å². The van der Waals surface area contributed by atoms with Crippen molar-refractivity contribution >= 4 is 5.69 Å². The summed E-state index contributed by atoms with van der Waals surface area (Å²) in [5.74, 6) is -0.198. The molecule has 0 amide bonds. The average Bonchev–Trinajstić information content (AvgIpc) is 3.18. The molecule has 1 aliphatic carbocycles. The molecule has 0 aromatic heterocycles. The number of hydrogen-bond acceptors (Lipinski definition) is 3. The van der Waals surface area contributed by atoms with Gasteiger partial charge in [-0.05, 0) is 31.4 Å². The van der Waals surface area contributed by atoms with Crippen LogP contribution in [0.2, 0.25) is 0 Å². The zero-order valence-corrected chi connectivity index (χ0v) is 10.8. The van der Waals surface area contributed by atoms with Crippen molar-refractivity contribution in [1.82, 2.24) is 5.32 Å². The minimum atomic E-state index is -0.198. The number of aliphatic hydroxyl groups is 1. The van der Waals surface area contributed by atoms with Crippen molar-refractivity contribution in [3.8, 4) is 0 Å². The standard InChI is InChI=1S/C14H21FN2O/c1-17(14-5-3-2-4-13(14)15)9-8-12(10-18)16-11-6-7-11/h2-5,11-12,16,18H,6-10H2,1H3. The van der Waals surface area contributed by atoms with Crippen molar-refractivity contribution in [2.45, 2.75) is 31.3 Å². The van der Waals surface area contributed by atoms with Gasteiger partial charge in [-0.1, -0.05) is 12.1 Å². The van der Waals surface area contributed by atoms with Gasteiger partial charge >= 0.3 is 0 Å². The lowest BCUT2D eigenvalue weighted by atomic mass is 10.2. The molecule has 1 unspecified atom stereocenters. The number of para-hydroxylation sites is 1. The van der Waals surface area contributed by atoms with Crippen molar-refractivity contribution in [2.24, 2.45) is 0 Å². The zero-order valence-electron chi connectivity index (χ0n) is 10.8. The smallest absolute Gasteiger partial charge is 0.146 e. The van der Waals surface area contributed by atoms with Crippen LogP contribution in [-0.2, 0) is 0 Å². The van der Waals surface area contributed by atoms with Crippen LogP contribution in [0.15, 0.2) is 24.3 Å². The van der Waals surface area contributed by atoms with E-state index in [0.29, 0.717) is 11.7 Å². The molecule has 3 nitrogen and oxygen atoms in total. The Bertz CT molecular complexity index is 382. The van der Waals surface area contributed by atoms with Crippen LogP contribution in [0.1, 0.15) is 19.3 Å². The van der Waals surface area contributed by atoms with E-state index in [4.69, 9.17) is 0 Å². The fourth-order valence-electron chi connectivity index (χ4n) is 2.04. The van der Waals surface area contributed by atoms with E-state index in [1.807, 2.05) is 18.0 Å². The maximum atomic E-state index is 13.6. The normalized spacial score (nSPS) is 16.6. The Kier molecular flexibility index (Phi) is 4.55. The molecule has 4 heteroatoms. The Morgan fingerprint density at radius 2 is 2.17 bits per heavy atom. The first kappa shape index (κ1) is 13.3. The van der Waals surface area contributed by atoms with Gasteiger partial charge in [0.25, 0.3) is 0 Å². The summed E-state index contributed by atoms with van der Waals surface area (Å²) < 4.78 is 13.6. The van der Waals surface area contributed by atoms with Gasteiger partial charge in [0.05, 0.1) is 12.3 Å². The van der Waals surface area contributed by atoms with Crippen LogP contribution >= 0.6 is 0 Å². The number of hydrogen-bond donors (Lipinski definition) is 2. The van der Waals surface area contributed by atoms with Gasteiger partial charge in [-0.3, -0.25) is 0 Å². The van der Waals surface area contributed by atoms with E-state index in [9.17, 15) is 9.50 Å². The summed E-state index contributed by atoms with van der Waals surface area (Å²) in [5.41, 5.74) is 0.612. The Balaban J connectivity index is 1.82. The molecular weight excluding hydrogens is 231 g/mol. The second-order valence-electron chi connectivity index (χ2n) is 4.98. The predicted octanol–water partition coefficient (Wildman–Crippen LogP) is 1.76. The number of halogens is 1. The minimum Gasteiger partial charge on any atom is -0.395 e. The van der Waals surface area contributed by atoms with E-state index in [2.05, 4.69) is 5.32 Å². The monoisotopic (exact) mass is 252 g/mol. The first-order valence-electron chi connectivity index (χ1n) is 6.53. The van der Waals surface area contributed by atoms with Gasteiger partial charge in [0, 0.05) is 25.7 Å². The average molecular weight is 252 g/mol. The van der Waals surface area contributed by atoms with Crippen LogP contribution in [-0.4, -0.2) is 37.4 Å². The first-order chi connectivity index (χ1) is 8.70. The summed E-state index contributed by atoms with van der Waals surface area (Å²) in [7, 11) is 1.88.